The minimum atomic E-state index is -0.316. The molecule has 3 rings (SSSR count). The zero-order valence-corrected chi connectivity index (χ0v) is 15.0. The smallest absolute Gasteiger partial charge is 0.238 e. The molecule has 26 heavy (non-hydrogen) atoms. The van der Waals surface area contributed by atoms with Crippen LogP contribution in [-0.2, 0) is 11.2 Å². The van der Waals surface area contributed by atoms with Crippen LogP contribution in [0.25, 0.3) is 0 Å². The maximum absolute atomic E-state index is 12.9. The Labute approximate surface area is 153 Å². The van der Waals surface area contributed by atoms with Gasteiger partial charge in [0.15, 0.2) is 0 Å². The van der Waals surface area contributed by atoms with Gasteiger partial charge in [-0.25, -0.2) is 14.4 Å². The quantitative estimate of drug-likeness (QED) is 0.860. The fourth-order valence-electron chi connectivity index (χ4n) is 2.97. The number of aryl methyl sites for hydroxylation is 1. The molecule has 138 valence electrons. The van der Waals surface area contributed by atoms with E-state index < -0.39 is 0 Å². The van der Waals surface area contributed by atoms with Gasteiger partial charge < -0.3 is 10.2 Å². The molecule has 0 bridgehead atoms. The molecule has 1 N–H and O–H groups in total. The van der Waals surface area contributed by atoms with Crippen LogP contribution in [0.3, 0.4) is 0 Å². The van der Waals surface area contributed by atoms with Crippen molar-refractivity contribution in [2.45, 2.75) is 19.8 Å². The topological polar surface area (TPSA) is 61.4 Å². The van der Waals surface area contributed by atoms with Crippen LogP contribution in [0.4, 0.5) is 16.0 Å². The summed E-state index contributed by atoms with van der Waals surface area (Å²) >= 11 is 0. The van der Waals surface area contributed by atoms with E-state index in [1.165, 1.54) is 12.1 Å². The van der Waals surface area contributed by atoms with Gasteiger partial charge in [-0.05, 0) is 36.2 Å². The van der Waals surface area contributed by atoms with Crippen LogP contribution in [-0.4, -0.2) is 53.5 Å². The second-order valence-electron chi connectivity index (χ2n) is 6.46. The molecule has 1 aromatic carbocycles. The number of carbonyl (C=O) groups excluding carboxylic acids is 1. The summed E-state index contributed by atoms with van der Waals surface area (Å²) in [5, 5.41) is 2.79. The second-order valence-corrected chi connectivity index (χ2v) is 6.46. The standard InChI is InChI=1S/C19H24FN5O/c1-2-3-15-12-21-19(22-13-15)25-10-8-24(9-11-25)14-18(26)23-17-6-4-16(20)5-7-17/h4-7,12-13H,2-3,8-11,14H2,1H3,(H,23,26). The molecular formula is C19H24FN5O. The molecule has 0 unspecified atom stereocenters. The van der Waals surface area contributed by atoms with Crippen molar-refractivity contribution < 1.29 is 9.18 Å². The first-order valence-corrected chi connectivity index (χ1v) is 8.97. The van der Waals surface area contributed by atoms with Crippen LogP contribution in [0.2, 0.25) is 0 Å². The summed E-state index contributed by atoms with van der Waals surface area (Å²) in [6, 6.07) is 5.79. The van der Waals surface area contributed by atoms with Crippen molar-refractivity contribution in [2.75, 3.05) is 42.9 Å². The van der Waals surface area contributed by atoms with Crippen molar-refractivity contribution in [3.63, 3.8) is 0 Å². The number of nitrogens with zero attached hydrogens (tertiary/aromatic N) is 4. The highest BCUT2D eigenvalue weighted by atomic mass is 19.1. The summed E-state index contributed by atoms with van der Waals surface area (Å²) in [5.74, 6) is 0.342. The van der Waals surface area contributed by atoms with Gasteiger partial charge in [-0.1, -0.05) is 13.3 Å². The normalized spacial score (nSPS) is 15.1. The summed E-state index contributed by atoms with van der Waals surface area (Å²) in [5.41, 5.74) is 1.77. The van der Waals surface area contributed by atoms with Gasteiger partial charge in [0.05, 0.1) is 6.54 Å². The van der Waals surface area contributed by atoms with Crippen LogP contribution in [0, 0.1) is 5.82 Å². The van der Waals surface area contributed by atoms with E-state index in [0.717, 1.165) is 50.5 Å². The first-order chi connectivity index (χ1) is 12.6. The molecule has 1 fully saturated rings. The number of aromatic nitrogens is 2. The fraction of sp³-hybridized carbons (Fsp3) is 0.421. The Morgan fingerprint density at radius 3 is 2.38 bits per heavy atom. The van der Waals surface area contributed by atoms with Gasteiger partial charge in [-0.3, -0.25) is 9.69 Å². The summed E-state index contributed by atoms with van der Waals surface area (Å²) in [6.45, 7) is 5.59. The number of hydrogen-bond donors (Lipinski definition) is 1. The van der Waals surface area contributed by atoms with E-state index >= 15 is 0 Å². The van der Waals surface area contributed by atoms with Crippen molar-refractivity contribution in [1.82, 2.24) is 14.9 Å². The number of amides is 1. The van der Waals surface area contributed by atoms with Crippen molar-refractivity contribution in [2.24, 2.45) is 0 Å². The number of carbonyl (C=O) groups is 1. The minimum Gasteiger partial charge on any atom is -0.338 e. The predicted octanol–water partition coefficient (Wildman–Crippen LogP) is 2.33. The van der Waals surface area contributed by atoms with E-state index in [1.54, 1.807) is 12.1 Å². The maximum atomic E-state index is 12.9. The average molecular weight is 357 g/mol. The molecule has 1 saturated heterocycles. The molecule has 1 aliphatic heterocycles. The highest BCUT2D eigenvalue weighted by Gasteiger charge is 2.20. The summed E-state index contributed by atoms with van der Waals surface area (Å²) in [4.78, 5) is 25.3. The van der Waals surface area contributed by atoms with E-state index in [9.17, 15) is 9.18 Å². The number of anilines is 2. The Morgan fingerprint density at radius 1 is 1.12 bits per heavy atom. The van der Waals surface area contributed by atoms with E-state index in [0.29, 0.717) is 12.2 Å². The third-order valence-electron chi connectivity index (χ3n) is 4.38. The molecular weight excluding hydrogens is 333 g/mol. The number of nitrogens with one attached hydrogen (secondary N) is 1. The van der Waals surface area contributed by atoms with E-state index in [-0.39, 0.29) is 11.7 Å². The molecule has 1 aliphatic rings. The van der Waals surface area contributed by atoms with Crippen LogP contribution < -0.4 is 10.2 Å². The molecule has 1 amide bonds. The first-order valence-electron chi connectivity index (χ1n) is 8.97. The lowest BCUT2D eigenvalue weighted by Crippen LogP contribution is -2.49. The molecule has 0 aliphatic carbocycles. The zero-order chi connectivity index (χ0) is 18.4. The van der Waals surface area contributed by atoms with Crippen LogP contribution >= 0.6 is 0 Å². The summed E-state index contributed by atoms with van der Waals surface area (Å²) < 4.78 is 12.9. The third-order valence-corrected chi connectivity index (χ3v) is 4.38. The number of benzene rings is 1. The SMILES string of the molecule is CCCc1cnc(N2CCN(CC(=O)Nc3ccc(F)cc3)CC2)nc1. The molecule has 7 heteroatoms. The van der Waals surface area contributed by atoms with Gasteiger partial charge in [-0.2, -0.15) is 0 Å². The molecule has 2 heterocycles. The van der Waals surface area contributed by atoms with Crippen molar-refractivity contribution in [3.8, 4) is 0 Å². The van der Waals surface area contributed by atoms with Gasteiger partial charge in [-0.15, -0.1) is 0 Å². The van der Waals surface area contributed by atoms with Gasteiger partial charge in [0.1, 0.15) is 5.82 Å². The van der Waals surface area contributed by atoms with Gasteiger partial charge >= 0.3 is 0 Å². The lowest BCUT2D eigenvalue weighted by molar-refractivity contribution is -0.117. The van der Waals surface area contributed by atoms with E-state index in [2.05, 4.69) is 32.0 Å². The zero-order valence-electron chi connectivity index (χ0n) is 15.0. The lowest BCUT2D eigenvalue weighted by Gasteiger charge is -2.34. The molecule has 0 radical (unpaired) electrons. The van der Waals surface area contributed by atoms with Crippen LogP contribution in [0.1, 0.15) is 18.9 Å². The molecule has 1 aromatic heterocycles. The summed E-state index contributed by atoms with van der Waals surface area (Å²) in [6.07, 6.45) is 5.88. The average Bonchev–Trinajstić information content (AvgIpc) is 2.65. The molecule has 0 atom stereocenters. The van der Waals surface area contributed by atoms with E-state index in [4.69, 9.17) is 0 Å². The molecule has 2 aromatic rings. The number of hydrogen-bond acceptors (Lipinski definition) is 5. The van der Waals surface area contributed by atoms with Gasteiger partial charge in [0.25, 0.3) is 0 Å². The molecule has 6 nitrogen and oxygen atoms in total. The van der Waals surface area contributed by atoms with Crippen molar-refractivity contribution in [3.05, 3.63) is 48.0 Å². The highest BCUT2D eigenvalue weighted by Crippen LogP contribution is 2.12. The fourth-order valence-corrected chi connectivity index (χ4v) is 2.97. The van der Waals surface area contributed by atoms with Crippen molar-refractivity contribution in [1.29, 1.82) is 0 Å². The second kappa shape index (κ2) is 8.71. The summed E-state index contributed by atoms with van der Waals surface area (Å²) in [7, 11) is 0. The Balaban J connectivity index is 1.45. The van der Waals surface area contributed by atoms with Gasteiger partial charge in [0.2, 0.25) is 11.9 Å². The lowest BCUT2D eigenvalue weighted by atomic mass is 10.2. The van der Waals surface area contributed by atoms with Gasteiger partial charge in [0, 0.05) is 44.3 Å². The largest absolute Gasteiger partial charge is 0.338 e. The van der Waals surface area contributed by atoms with Crippen LogP contribution in [0.15, 0.2) is 36.7 Å². The molecule has 0 saturated carbocycles. The Hall–Kier alpha value is -2.54. The maximum Gasteiger partial charge on any atom is 0.238 e. The monoisotopic (exact) mass is 357 g/mol. The number of halogens is 1. The Morgan fingerprint density at radius 2 is 1.77 bits per heavy atom. The Bertz CT molecular complexity index is 712. The van der Waals surface area contributed by atoms with E-state index in [1.807, 2.05) is 12.4 Å². The molecule has 0 spiro atoms. The van der Waals surface area contributed by atoms with Crippen LogP contribution in [0.5, 0.6) is 0 Å². The Kier molecular flexibility index (Phi) is 6.12. The number of rotatable bonds is 6. The third kappa shape index (κ3) is 4.98. The predicted molar refractivity (Wildman–Crippen MR) is 99.7 cm³/mol. The minimum absolute atomic E-state index is 0.0924. The number of piperazine rings is 1. The first kappa shape index (κ1) is 18.3. The highest BCUT2D eigenvalue weighted by molar-refractivity contribution is 5.92. The van der Waals surface area contributed by atoms with Crippen molar-refractivity contribution >= 4 is 17.5 Å².